The van der Waals surface area contributed by atoms with Crippen LogP contribution >= 0.6 is 23.3 Å². The molecule has 206 valence electrons. The van der Waals surface area contributed by atoms with E-state index in [1.165, 1.54) is 94.0 Å². The number of carboxylic acid groups (broad SMARTS) is 1. The molecule has 3 aromatic rings. The summed E-state index contributed by atoms with van der Waals surface area (Å²) in [6, 6.07) is 13.7. The van der Waals surface area contributed by atoms with Crippen LogP contribution in [0.3, 0.4) is 0 Å². The molecule has 1 unspecified atom stereocenters. The van der Waals surface area contributed by atoms with E-state index < -0.39 is 5.97 Å². The van der Waals surface area contributed by atoms with Crippen molar-refractivity contribution in [1.82, 2.24) is 4.98 Å². The summed E-state index contributed by atoms with van der Waals surface area (Å²) in [7, 11) is 1.53. The molecule has 1 aromatic heterocycles. The van der Waals surface area contributed by atoms with Crippen LogP contribution in [0.25, 0.3) is 16.1 Å². The second-order valence-corrected chi connectivity index (χ2v) is 13.0. The van der Waals surface area contributed by atoms with Crippen molar-refractivity contribution in [3.8, 4) is 16.3 Å². The van der Waals surface area contributed by atoms with Gasteiger partial charge in [-0.1, -0.05) is 62.9 Å². The Morgan fingerprint density at radius 3 is 2.51 bits per heavy atom. The molecule has 0 spiro atoms. The molecule has 2 aliphatic rings. The Morgan fingerprint density at radius 1 is 1.08 bits per heavy atom. The SMILES string of the molecule is CCCC1CCC(C2CC=C(c3ccc(-c4ncc(SNc5ccc(C(=O)O)cc5OC)s4)cc3)CC2)CC1. The molecule has 5 rings (SSSR count). The number of hydrogen-bond acceptors (Lipinski definition) is 6. The Morgan fingerprint density at radius 2 is 1.85 bits per heavy atom. The maximum Gasteiger partial charge on any atom is 0.335 e. The Kier molecular flexibility index (Phi) is 9.30. The second kappa shape index (κ2) is 13.1. The Labute approximate surface area is 240 Å². The summed E-state index contributed by atoms with van der Waals surface area (Å²) in [5.74, 6) is 2.32. The minimum Gasteiger partial charge on any atom is -0.495 e. The molecule has 1 fully saturated rings. The van der Waals surface area contributed by atoms with Gasteiger partial charge in [0, 0.05) is 5.56 Å². The summed E-state index contributed by atoms with van der Waals surface area (Å²) in [4.78, 5) is 15.8. The first-order valence-corrected chi connectivity index (χ1v) is 15.8. The molecule has 2 aliphatic carbocycles. The van der Waals surface area contributed by atoms with Gasteiger partial charge in [-0.15, -0.1) is 11.3 Å². The summed E-state index contributed by atoms with van der Waals surface area (Å²) in [5.41, 5.74) is 4.88. The van der Waals surface area contributed by atoms with Crippen molar-refractivity contribution < 1.29 is 14.6 Å². The summed E-state index contributed by atoms with van der Waals surface area (Å²) in [6.07, 6.45) is 16.7. The number of ether oxygens (including phenoxy) is 1. The lowest BCUT2D eigenvalue weighted by molar-refractivity contribution is 0.0696. The smallest absolute Gasteiger partial charge is 0.335 e. The maximum absolute atomic E-state index is 11.2. The fourth-order valence-corrected chi connectivity index (χ4v) is 7.85. The molecule has 1 heterocycles. The van der Waals surface area contributed by atoms with Crippen molar-refractivity contribution in [2.75, 3.05) is 11.8 Å². The number of nitrogens with zero attached hydrogens (tertiary/aromatic N) is 1. The van der Waals surface area contributed by atoms with E-state index in [9.17, 15) is 9.90 Å². The van der Waals surface area contributed by atoms with E-state index in [1.807, 2.05) is 6.20 Å². The van der Waals surface area contributed by atoms with Crippen LogP contribution in [0.15, 0.2) is 58.9 Å². The van der Waals surface area contributed by atoms with Gasteiger partial charge in [-0.3, -0.25) is 0 Å². The predicted molar refractivity (Wildman–Crippen MR) is 163 cm³/mol. The third-order valence-electron chi connectivity index (χ3n) is 8.40. The Bertz CT molecular complexity index is 1290. The fraction of sp³-hybridized carbons (Fsp3) is 0.438. The van der Waals surface area contributed by atoms with E-state index >= 15 is 0 Å². The lowest BCUT2D eigenvalue weighted by Gasteiger charge is -2.35. The van der Waals surface area contributed by atoms with E-state index in [0.29, 0.717) is 5.75 Å². The first kappa shape index (κ1) is 27.8. The van der Waals surface area contributed by atoms with Gasteiger partial charge in [0.25, 0.3) is 0 Å². The van der Waals surface area contributed by atoms with Crippen molar-refractivity contribution in [2.45, 2.75) is 68.9 Å². The third kappa shape index (κ3) is 6.87. The highest BCUT2D eigenvalue weighted by Gasteiger charge is 2.28. The van der Waals surface area contributed by atoms with Gasteiger partial charge in [0.1, 0.15) is 15.0 Å². The number of aromatic nitrogens is 1. The zero-order chi connectivity index (χ0) is 27.2. The van der Waals surface area contributed by atoms with E-state index in [-0.39, 0.29) is 5.56 Å². The minimum atomic E-state index is -0.977. The molecule has 0 radical (unpaired) electrons. The number of thiazole rings is 1. The van der Waals surface area contributed by atoms with Crippen molar-refractivity contribution in [2.24, 2.45) is 17.8 Å². The van der Waals surface area contributed by atoms with Gasteiger partial charge < -0.3 is 14.6 Å². The summed E-state index contributed by atoms with van der Waals surface area (Å²) < 4.78 is 9.63. The number of methoxy groups -OCH3 is 1. The van der Waals surface area contributed by atoms with Gasteiger partial charge in [0.2, 0.25) is 0 Å². The van der Waals surface area contributed by atoms with Crippen LogP contribution in [0.5, 0.6) is 5.75 Å². The topological polar surface area (TPSA) is 71.5 Å². The third-order valence-corrected chi connectivity index (χ3v) is 10.4. The van der Waals surface area contributed by atoms with Gasteiger partial charge in [-0.25, -0.2) is 9.78 Å². The number of benzene rings is 2. The molecule has 0 aliphatic heterocycles. The molecule has 0 saturated heterocycles. The Balaban J connectivity index is 1.16. The number of hydrogen-bond donors (Lipinski definition) is 2. The number of rotatable bonds is 10. The highest BCUT2D eigenvalue weighted by Crippen LogP contribution is 2.42. The zero-order valence-electron chi connectivity index (χ0n) is 22.8. The summed E-state index contributed by atoms with van der Waals surface area (Å²) in [6.45, 7) is 2.32. The lowest BCUT2D eigenvalue weighted by Crippen LogP contribution is -2.23. The van der Waals surface area contributed by atoms with Gasteiger partial charge in [-0.2, -0.15) is 0 Å². The highest BCUT2D eigenvalue weighted by atomic mass is 32.2. The number of carbonyl (C=O) groups is 1. The number of nitrogens with one attached hydrogen (secondary N) is 1. The predicted octanol–water partition coefficient (Wildman–Crippen LogP) is 9.43. The molecule has 1 saturated carbocycles. The summed E-state index contributed by atoms with van der Waals surface area (Å²) in [5, 5.41) is 10.2. The van der Waals surface area contributed by atoms with E-state index in [1.54, 1.807) is 23.5 Å². The average molecular weight is 563 g/mol. The molecular formula is C32H38N2O3S2. The van der Waals surface area contributed by atoms with Crippen molar-refractivity contribution >= 4 is 40.5 Å². The van der Waals surface area contributed by atoms with Gasteiger partial charge in [-0.05, 0) is 91.1 Å². The van der Waals surface area contributed by atoms with E-state index in [4.69, 9.17) is 4.74 Å². The largest absolute Gasteiger partial charge is 0.495 e. The quantitative estimate of drug-likeness (QED) is 0.240. The standard InChI is InChI=1S/C32H38N2O3S2/c1-3-4-21-5-7-22(8-6-21)23-9-11-24(12-10-23)25-13-15-26(16-14-25)31-33-20-30(38-31)39-34-28-18-17-27(32(35)36)19-29(28)37-2/h11,13-23,34H,3-10,12H2,1-2H3,(H,35,36). The maximum atomic E-state index is 11.2. The first-order chi connectivity index (χ1) is 19.0. The average Bonchev–Trinajstić information content (AvgIpc) is 3.46. The molecule has 5 nitrogen and oxygen atoms in total. The molecule has 7 heteroatoms. The summed E-state index contributed by atoms with van der Waals surface area (Å²) >= 11 is 3.07. The van der Waals surface area contributed by atoms with Crippen molar-refractivity contribution in [3.05, 3.63) is 65.9 Å². The van der Waals surface area contributed by atoms with Crippen LogP contribution in [0.2, 0.25) is 0 Å². The van der Waals surface area contributed by atoms with Gasteiger partial charge in [0.15, 0.2) is 0 Å². The van der Waals surface area contributed by atoms with Gasteiger partial charge in [0.05, 0.1) is 24.6 Å². The van der Waals surface area contributed by atoms with Crippen LogP contribution in [0.1, 0.15) is 80.6 Å². The normalized spacial score (nSPS) is 21.3. The second-order valence-electron chi connectivity index (χ2n) is 10.8. The number of carboxylic acids is 1. The lowest BCUT2D eigenvalue weighted by atomic mass is 9.70. The van der Waals surface area contributed by atoms with Crippen molar-refractivity contribution in [3.63, 3.8) is 0 Å². The molecule has 2 N–H and O–H groups in total. The van der Waals surface area contributed by atoms with Crippen LogP contribution < -0.4 is 9.46 Å². The molecule has 1 atom stereocenters. The van der Waals surface area contributed by atoms with E-state index in [2.05, 4.69) is 47.0 Å². The first-order valence-electron chi connectivity index (χ1n) is 14.1. The molecule has 0 amide bonds. The van der Waals surface area contributed by atoms with Crippen molar-refractivity contribution in [1.29, 1.82) is 0 Å². The van der Waals surface area contributed by atoms with Gasteiger partial charge >= 0.3 is 5.97 Å². The zero-order valence-corrected chi connectivity index (χ0v) is 24.5. The minimum absolute atomic E-state index is 0.194. The highest BCUT2D eigenvalue weighted by molar-refractivity contribution is 8.02. The molecule has 39 heavy (non-hydrogen) atoms. The molecular weight excluding hydrogens is 524 g/mol. The number of aromatic carboxylic acids is 1. The monoisotopic (exact) mass is 562 g/mol. The fourth-order valence-electron chi connectivity index (χ4n) is 6.18. The number of anilines is 1. The van der Waals surface area contributed by atoms with Crippen LogP contribution in [0.4, 0.5) is 5.69 Å². The molecule has 0 bridgehead atoms. The number of allylic oxidation sites excluding steroid dienone is 2. The Hall–Kier alpha value is -2.77. The van der Waals surface area contributed by atoms with Crippen LogP contribution in [0, 0.1) is 17.8 Å². The van der Waals surface area contributed by atoms with E-state index in [0.717, 1.165) is 38.2 Å². The van der Waals surface area contributed by atoms with Crippen LogP contribution in [-0.4, -0.2) is 23.2 Å². The molecule has 2 aromatic carbocycles. The van der Waals surface area contributed by atoms with Crippen LogP contribution in [-0.2, 0) is 0 Å².